The van der Waals surface area contributed by atoms with Crippen molar-refractivity contribution in [3.8, 4) is 5.69 Å². The highest BCUT2D eigenvalue weighted by Crippen LogP contribution is 2.22. The van der Waals surface area contributed by atoms with Gasteiger partial charge in [-0.3, -0.25) is 14.5 Å². The van der Waals surface area contributed by atoms with Gasteiger partial charge in [0.2, 0.25) is 5.91 Å². The van der Waals surface area contributed by atoms with Gasteiger partial charge in [-0.15, -0.1) is 0 Å². The molecular weight excluding hydrogens is 479 g/mol. The first-order valence-electron chi connectivity index (χ1n) is 11.2. The summed E-state index contributed by atoms with van der Waals surface area (Å²) in [5, 5.41) is 15.5. The molecule has 9 nitrogen and oxygen atoms in total. The maximum absolute atomic E-state index is 12.7. The minimum Gasteiger partial charge on any atom is -0.475 e. The molecular formula is C24H26F3N5O4. The zero-order valence-electron chi connectivity index (χ0n) is 19.5. The number of carboxylic acid groups (broad SMARTS) is 1. The predicted octanol–water partition coefficient (Wildman–Crippen LogP) is 3.57. The number of hydrogen-bond donors (Lipinski definition) is 3. The monoisotopic (exact) mass is 505 g/mol. The van der Waals surface area contributed by atoms with E-state index in [1.165, 1.54) is 0 Å². The predicted molar refractivity (Wildman–Crippen MR) is 127 cm³/mol. The molecule has 0 saturated carbocycles. The topological polar surface area (TPSA) is 131 Å². The van der Waals surface area contributed by atoms with Gasteiger partial charge in [0.1, 0.15) is 5.52 Å². The van der Waals surface area contributed by atoms with E-state index in [-0.39, 0.29) is 11.9 Å². The number of nitrogens with two attached hydrogens (primary N) is 1. The van der Waals surface area contributed by atoms with Crippen molar-refractivity contribution in [1.82, 2.24) is 14.7 Å². The van der Waals surface area contributed by atoms with Crippen LogP contribution in [0.25, 0.3) is 16.6 Å². The minimum absolute atomic E-state index is 0.0511. The molecule has 1 saturated heterocycles. The minimum atomic E-state index is -5.08. The summed E-state index contributed by atoms with van der Waals surface area (Å²) < 4.78 is 33.4. The van der Waals surface area contributed by atoms with E-state index in [1.54, 1.807) is 16.8 Å². The average Bonchev–Trinajstić information content (AvgIpc) is 3.28. The third-order valence-corrected chi connectivity index (χ3v) is 5.77. The lowest BCUT2D eigenvalue weighted by atomic mass is 10.0. The fourth-order valence-corrected chi connectivity index (χ4v) is 3.97. The number of amides is 2. The Kier molecular flexibility index (Phi) is 8.30. The largest absolute Gasteiger partial charge is 0.490 e. The van der Waals surface area contributed by atoms with Gasteiger partial charge < -0.3 is 16.2 Å². The van der Waals surface area contributed by atoms with Gasteiger partial charge in [-0.2, -0.15) is 18.3 Å². The van der Waals surface area contributed by atoms with Gasteiger partial charge >= 0.3 is 12.1 Å². The van der Waals surface area contributed by atoms with Crippen LogP contribution in [0.15, 0.2) is 48.7 Å². The van der Waals surface area contributed by atoms with Crippen LogP contribution in [0.4, 0.5) is 18.9 Å². The Bertz CT molecular complexity index is 1240. The lowest BCUT2D eigenvalue weighted by Gasteiger charge is -2.33. The molecule has 36 heavy (non-hydrogen) atoms. The first-order chi connectivity index (χ1) is 17.0. The van der Waals surface area contributed by atoms with E-state index in [4.69, 9.17) is 15.6 Å². The molecule has 1 unspecified atom stereocenters. The van der Waals surface area contributed by atoms with Gasteiger partial charge in [0.05, 0.1) is 17.3 Å². The van der Waals surface area contributed by atoms with Crippen LogP contribution in [0.3, 0.4) is 0 Å². The Morgan fingerprint density at radius 1 is 1.14 bits per heavy atom. The highest BCUT2D eigenvalue weighted by Gasteiger charge is 2.38. The first kappa shape index (κ1) is 26.7. The quantitative estimate of drug-likeness (QED) is 0.486. The SMILES string of the molecule is CCN1CCCCC1C(=O)Nc1ccc(-n2cc3cccc(C(N)=O)c3n2)cc1.O=C(O)C(F)(F)F. The standard InChI is InChI=1S/C22H25N5O2.C2HF3O2/c1-2-26-13-4-3-8-19(26)22(29)24-16-9-11-17(12-10-16)27-14-15-6-5-7-18(21(23)28)20(15)25-27;3-2(4,5)1(6)7/h5-7,9-12,14,19H,2-4,8,13H2,1H3,(H2,23,28)(H,24,29);(H,6,7). The Balaban J connectivity index is 0.000000454. The van der Waals surface area contributed by atoms with Crippen LogP contribution >= 0.6 is 0 Å². The average molecular weight is 505 g/mol. The number of alkyl halides is 3. The summed E-state index contributed by atoms with van der Waals surface area (Å²) in [7, 11) is 0. The number of carbonyl (C=O) groups excluding carboxylic acids is 2. The highest BCUT2D eigenvalue weighted by molar-refractivity contribution is 6.04. The summed E-state index contributed by atoms with van der Waals surface area (Å²) in [4.78, 5) is 35.4. The lowest BCUT2D eigenvalue weighted by Crippen LogP contribution is -2.46. The molecule has 12 heteroatoms. The van der Waals surface area contributed by atoms with Crippen LogP contribution in [0.5, 0.6) is 0 Å². The van der Waals surface area contributed by atoms with Crippen molar-refractivity contribution in [2.75, 3.05) is 18.4 Å². The maximum atomic E-state index is 12.7. The number of aliphatic carboxylic acids is 1. The number of anilines is 1. The number of piperidine rings is 1. The Hall–Kier alpha value is -3.93. The van der Waals surface area contributed by atoms with E-state index in [9.17, 15) is 22.8 Å². The number of likely N-dealkylation sites (tertiary alicyclic amines) is 1. The molecule has 4 rings (SSSR count). The smallest absolute Gasteiger partial charge is 0.475 e. The number of nitrogens with one attached hydrogen (secondary N) is 1. The molecule has 2 amide bonds. The number of primary amides is 1. The highest BCUT2D eigenvalue weighted by atomic mass is 19.4. The number of benzene rings is 2. The Morgan fingerprint density at radius 3 is 2.39 bits per heavy atom. The summed E-state index contributed by atoms with van der Waals surface area (Å²) in [5.41, 5.74) is 8.02. The molecule has 192 valence electrons. The van der Waals surface area contributed by atoms with Crippen molar-refractivity contribution >= 4 is 34.4 Å². The molecule has 1 aromatic heterocycles. The number of carboxylic acids is 1. The molecule has 1 aliphatic rings. The van der Waals surface area contributed by atoms with E-state index in [1.807, 2.05) is 36.5 Å². The van der Waals surface area contributed by atoms with Gasteiger partial charge in [-0.05, 0) is 56.3 Å². The lowest BCUT2D eigenvalue weighted by molar-refractivity contribution is -0.192. The molecule has 0 aliphatic carbocycles. The number of likely N-dealkylation sites (N-methyl/N-ethyl adjacent to an activating group) is 1. The van der Waals surface area contributed by atoms with E-state index in [2.05, 4.69) is 22.2 Å². The molecule has 0 spiro atoms. The van der Waals surface area contributed by atoms with Gasteiger partial charge in [0, 0.05) is 17.3 Å². The molecule has 0 bridgehead atoms. The molecule has 0 radical (unpaired) electrons. The van der Waals surface area contributed by atoms with Crippen LogP contribution in [0, 0.1) is 0 Å². The van der Waals surface area contributed by atoms with Gasteiger partial charge in [0.15, 0.2) is 0 Å². The number of hydrogen-bond acceptors (Lipinski definition) is 5. The van der Waals surface area contributed by atoms with E-state index >= 15 is 0 Å². The fraction of sp³-hybridized carbons (Fsp3) is 0.333. The second-order valence-corrected chi connectivity index (χ2v) is 8.16. The molecule has 2 aromatic carbocycles. The number of rotatable bonds is 5. The van der Waals surface area contributed by atoms with E-state index in [0.29, 0.717) is 11.1 Å². The number of nitrogens with zero attached hydrogens (tertiary/aromatic N) is 3. The van der Waals surface area contributed by atoms with Crippen molar-refractivity contribution in [2.45, 2.75) is 38.4 Å². The third kappa shape index (κ3) is 6.39. The van der Waals surface area contributed by atoms with Crippen LogP contribution in [-0.4, -0.2) is 62.9 Å². The zero-order chi connectivity index (χ0) is 26.5. The number of carbonyl (C=O) groups is 3. The summed E-state index contributed by atoms with van der Waals surface area (Å²) >= 11 is 0. The van der Waals surface area contributed by atoms with Crippen molar-refractivity contribution in [1.29, 1.82) is 0 Å². The normalized spacial score (nSPS) is 16.2. The summed E-state index contributed by atoms with van der Waals surface area (Å²) in [6.45, 7) is 3.96. The summed E-state index contributed by atoms with van der Waals surface area (Å²) in [5.74, 6) is -3.20. The van der Waals surface area contributed by atoms with Crippen molar-refractivity contribution in [3.63, 3.8) is 0 Å². The van der Waals surface area contributed by atoms with Crippen molar-refractivity contribution in [3.05, 3.63) is 54.2 Å². The molecule has 1 atom stereocenters. The second-order valence-electron chi connectivity index (χ2n) is 8.16. The Labute approximate surface area is 204 Å². The van der Waals surface area contributed by atoms with Crippen LogP contribution in [0.2, 0.25) is 0 Å². The molecule has 2 heterocycles. The number of fused-ring (bicyclic) bond motifs is 1. The van der Waals surface area contributed by atoms with Crippen LogP contribution < -0.4 is 11.1 Å². The number of aromatic nitrogens is 2. The Morgan fingerprint density at radius 2 is 1.81 bits per heavy atom. The molecule has 3 aromatic rings. The second kappa shape index (κ2) is 11.2. The van der Waals surface area contributed by atoms with Crippen molar-refractivity contribution in [2.24, 2.45) is 5.73 Å². The number of halogens is 3. The van der Waals surface area contributed by atoms with Crippen molar-refractivity contribution < 1.29 is 32.7 Å². The van der Waals surface area contributed by atoms with Gasteiger partial charge in [-0.25, -0.2) is 9.48 Å². The first-order valence-corrected chi connectivity index (χ1v) is 11.2. The summed E-state index contributed by atoms with van der Waals surface area (Å²) in [6.07, 6.45) is -0.0774. The molecule has 1 fully saturated rings. The molecule has 1 aliphatic heterocycles. The van der Waals surface area contributed by atoms with Crippen LogP contribution in [-0.2, 0) is 9.59 Å². The fourth-order valence-electron chi connectivity index (χ4n) is 3.97. The van der Waals surface area contributed by atoms with Crippen LogP contribution in [0.1, 0.15) is 36.5 Å². The van der Waals surface area contributed by atoms with Gasteiger partial charge in [0.25, 0.3) is 5.91 Å². The zero-order valence-corrected chi connectivity index (χ0v) is 19.5. The maximum Gasteiger partial charge on any atom is 0.490 e. The third-order valence-electron chi connectivity index (χ3n) is 5.77. The van der Waals surface area contributed by atoms with E-state index in [0.717, 1.165) is 49.1 Å². The summed E-state index contributed by atoms with van der Waals surface area (Å²) in [6, 6.07) is 12.8. The van der Waals surface area contributed by atoms with Gasteiger partial charge in [-0.1, -0.05) is 25.5 Å². The van der Waals surface area contributed by atoms with E-state index < -0.39 is 18.1 Å². The molecule has 4 N–H and O–H groups in total.